The van der Waals surface area contributed by atoms with E-state index in [1.165, 1.54) is 10.8 Å². The largest absolute Gasteiger partial charge is 0.298 e. The van der Waals surface area contributed by atoms with Crippen LogP contribution < -0.4 is 0 Å². The Labute approximate surface area is 152 Å². The smallest absolute Gasteiger partial charge is 0.151 e. The summed E-state index contributed by atoms with van der Waals surface area (Å²) in [5, 5.41) is 4.35. The van der Waals surface area contributed by atoms with Crippen molar-refractivity contribution < 1.29 is 4.79 Å². The number of carbonyl (C=O) groups excluding carboxylic acids is 1. The van der Waals surface area contributed by atoms with Gasteiger partial charge < -0.3 is 0 Å². The van der Waals surface area contributed by atoms with Gasteiger partial charge in [-0.1, -0.05) is 92.0 Å². The van der Waals surface area contributed by atoms with Gasteiger partial charge in [-0.3, -0.25) is 4.79 Å². The van der Waals surface area contributed by atoms with Crippen LogP contribution in [-0.4, -0.2) is 6.29 Å². The van der Waals surface area contributed by atoms with Crippen molar-refractivity contribution in [2.24, 2.45) is 0 Å². The Morgan fingerprint density at radius 2 is 1.23 bits per heavy atom. The van der Waals surface area contributed by atoms with E-state index in [0.717, 1.165) is 39.3 Å². The molecule has 4 aromatic rings. The van der Waals surface area contributed by atoms with Crippen molar-refractivity contribution in [3.8, 4) is 11.1 Å². The molecule has 0 saturated heterocycles. The Hall–Kier alpha value is -3.45. The first-order valence-electron chi connectivity index (χ1n) is 8.57. The highest BCUT2D eigenvalue weighted by molar-refractivity contribution is 6.14. The van der Waals surface area contributed by atoms with Gasteiger partial charge in [-0.2, -0.15) is 0 Å². The van der Waals surface area contributed by atoms with Crippen LogP contribution >= 0.6 is 0 Å². The molecule has 0 N–H and O–H groups in total. The van der Waals surface area contributed by atoms with E-state index in [1.54, 1.807) is 6.08 Å². The number of hydrogen-bond acceptors (Lipinski definition) is 1. The summed E-state index contributed by atoms with van der Waals surface area (Å²) in [5.41, 5.74) is 4.66. The summed E-state index contributed by atoms with van der Waals surface area (Å²) in [6.07, 6.45) is 4.49. The van der Waals surface area contributed by atoms with Gasteiger partial charge in [-0.25, -0.2) is 0 Å². The molecule has 1 heteroatoms. The third kappa shape index (κ3) is 2.29. The molecule has 4 rings (SSSR count). The second kappa shape index (κ2) is 6.45. The standard InChI is InChI=1S/C25H18O/c1-3-18-19(4-2)25(23-14-8-7-13-21(23)24(18)16-26)22-15-9-11-17-10-5-6-12-20(17)22/h3-16H,1-2H2. The monoisotopic (exact) mass is 334 g/mol. The Morgan fingerprint density at radius 1 is 0.615 bits per heavy atom. The minimum atomic E-state index is 0.662. The Kier molecular flexibility index (Phi) is 3.98. The molecule has 4 aromatic carbocycles. The molecule has 0 heterocycles. The van der Waals surface area contributed by atoms with E-state index >= 15 is 0 Å². The summed E-state index contributed by atoms with van der Waals surface area (Å²) in [5.74, 6) is 0. The fourth-order valence-electron chi connectivity index (χ4n) is 3.80. The molecule has 0 amide bonds. The predicted molar refractivity (Wildman–Crippen MR) is 112 cm³/mol. The second-order valence-electron chi connectivity index (χ2n) is 6.21. The predicted octanol–water partition coefficient (Wildman–Crippen LogP) is 6.76. The van der Waals surface area contributed by atoms with Gasteiger partial charge in [0.1, 0.15) is 0 Å². The molecule has 0 bridgehead atoms. The van der Waals surface area contributed by atoms with E-state index in [4.69, 9.17) is 0 Å². The second-order valence-corrected chi connectivity index (χ2v) is 6.21. The van der Waals surface area contributed by atoms with E-state index in [2.05, 4.69) is 55.6 Å². The summed E-state index contributed by atoms with van der Waals surface area (Å²) in [4.78, 5) is 11.8. The third-order valence-electron chi connectivity index (χ3n) is 4.92. The van der Waals surface area contributed by atoms with Gasteiger partial charge in [0, 0.05) is 5.56 Å². The number of fused-ring (bicyclic) bond motifs is 2. The maximum atomic E-state index is 11.8. The van der Waals surface area contributed by atoms with Crippen LogP contribution in [0.15, 0.2) is 79.9 Å². The van der Waals surface area contributed by atoms with Crippen molar-refractivity contribution in [2.75, 3.05) is 0 Å². The van der Waals surface area contributed by atoms with Crippen LogP contribution in [0, 0.1) is 0 Å². The van der Waals surface area contributed by atoms with Gasteiger partial charge in [0.05, 0.1) is 0 Å². The molecule has 0 aromatic heterocycles. The van der Waals surface area contributed by atoms with E-state index in [0.29, 0.717) is 5.56 Å². The average Bonchev–Trinajstić information content (AvgIpc) is 2.71. The van der Waals surface area contributed by atoms with Crippen LogP contribution in [0.3, 0.4) is 0 Å². The molecule has 0 atom stereocenters. The van der Waals surface area contributed by atoms with E-state index in [-0.39, 0.29) is 0 Å². The van der Waals surface area contributed by atoms with Gasteiger partial charge in [0.25, 0.3) is 0 Å². The molecular weight excluding hydrogens is 316 g/mol. The molecule has 0 aliphatic rings. The minimum Gasteiger partial charge on any atom is -0.298 e. The van der Waals surface area contributed by atoms with E-state index in [9.17, 15) is 4.79 Å². The lowest BCUT2D eigenvalue weighted by atomic mass is 9.84. The van der Waals surface area contributed by atoms with Gasteiger partial charge in [0.15, 0.2) is 6.29 Å². The van der Waals surface area contributed by atoms with Crippen molar-refractivity contribution in [1.29, 1.82) is 0 Å². The average molecular weight is 334 g/mol. The lowest BCUT2D eigenvalue weighted by molar-refractivity contribution is 0.112. The fourth-order valence-corrected chi connectivity index (χ4v) is 3.80. The number of rotatable bonds is 4. The zero-order chi connectivity index (χ0) is 18.1. The van der Waals surface area contributed by atoms with Crippen LogP contribution in [0.2, 0.25) is 0 Å². The van der Waals surface area contributed by atoms with Crippen molar-refractivity contribution in [1.82, 2.24) is 0 Å². The Morgan fingerprint density at radius 3 is 1.92 bits per heavy atom. The lowest BCUT2D eigenvalue weighted by Crippen LogP contribution is -1.98. The molecule has 0 radical (unpaired) electrons. The highest BCUT2D eigenvalue weighted by Crippen LogP contribution is 2.40. The number of hydrogen-bond donors (Lipinski definition) is 0. The molecule has 0 spiro atoms. The molecule has 124 valence electrons. The van der Waals surface area contributed by atoms with E-state index in [1.807, 2.05) is 30.3 Å². The molecule has 0 fully saturated rings. The summed E-state index contributed by atoms with van der Waals surface area (Å²) in [7, 11) is 0. The lowest BCUT2D eigenvalue weighted by Gasteiger charge is -2.18. The fraction of sp³-hybridized carbons (Fsp3) is 0. The molecule has 1 nitrogen and oxygen atoms in total. The number of carbonyl (C=O) groups is 1. The molecule has 0 aliphatic heterocycles. The molecule has 0 aliphatic carbocycles. The highest BCUT2D eigenvalue weighted by Gasteiger charge is 2.18. The van der Waals surface area contributed by atoms with Crippen molar-refractivity contribution >= 4 is 40.0 Å². The Balaban J connectivity index is 2.28. The molecule has 0 saturated carbocycles. The maximum Gasteiger partial charge on any atom is 0.151 e. The van der Waals surface area contributed by atoms with Crippen molar-refractivity contribution in [2.45, 2.75) is 0 Å². The topological polar surface area (TPSA) is 17.1 Å². The summed E-state index contributed by atoms with van der Waals surface area (Å²) in [6.45, 7) is 7.97. The van der Waals surface area contributed by atoms with Gasteiger partial charge in [0.2, 0.25) is 0 Å². The summed E-state index contributed by atoms with van der Waals surface area (Å²) < 4.78 is 0. The third-order valence-corrected chi connectivity index (χ3v) is 4.92. The molecule has 26 heavy (non-hydrogen) atoms. The first-order chi connectivity index (χ1) is 12.8. The van der Waals surface area contributed by atoms with Gasteiger partial charge in [-0.15, -0.1) is 0 Å². The minimum absolute atomic E-state index is 0.662. The van der Waals surface area contributed by atoms with Crippen LogP contribution in [0.5, 0.6) is 0 Å². The van der Waals surface area contributed by atoms with E-state index < -0.39 is 0 Å². The summed E-state index contributed by atoms with van der Waals surface area (Å²) in [6, 6.07) is 22.7. The zero-order valence-corrected chi connectivity index (χ0v) is 14.4. The van der Waals surface area contributed by atoms with Crippen LogP contribution in [-0.2, 0) is 0 Å². The van der Waals surface area contributed by atoms with Gasteiger partial charge >= 0.3 is 0 Å². The maximum absolute atomic E-state index is 11.8. The SMILES string of the molecule is C=Cc1c(C=C)c(-c2cccc3ccccc23)c2ccccc2c1C=O. The quantitative estimate of drug-likeness (QED) is 0.377. The van der Waals surface area contributed by atoms with Crippen LogP contribution in [0.1, 0.15) is 21.5 Å². The molecular formula is C25H18O. The first-order valence-corrected chi connectivity index (χ1v) is 8.57. The van der Waals surface area contributed by atoms with Crippen LogP contribution in [0.25, 0.3) is 44.8 Å². The van der Waals surface area contributed by atoms with Crippen molar-refractivity contribution in [3.63, 3.8) is 0 Å². The highest BCUT2D eigenvalue weighted by atomic mass is 16.1. The Bertz CT molecular complexity index is 1180. The number of benzene rings is 4. The van der Waals surface area contributed by atoms with Gasteiger partial charge in [-0.05, 0) is 43.8 Å². The normalized spacial score (nSPS) is 10.8. The van der Waals surface area contributed by atoms with Crippen LogP contribution in [0.4, 0.5) is 0 Å². The first kappa shape index (κ1) is 16.0. The molecule has 0 unspecified atom stereocenters. The van der Waals surface area contributed by atoms with Crippen molar-refractivity contribution in [3.05, 3.63) is 96.6 Å². The number of aldehydes is 1. The summed E-state index contributed by atoms with van der Waals surface area (Å²) >= 11 is 0. The zero-order valence-electron chi connectivity index (χ0n) is 14.4.